The molecule has 1 aliphatic carbocycles. The van der Waals surface area contributed by atoms with Crippen molar-refractivity contribution in [3.8, 4) is 0 Å². The number of amides is 1. The van der Waals surface area contributed by atoms with Gasteiger partial charge in [-0.05, 0) is 51.4 Å². The number of carbonyl (C=O) groups is 1. The average molecular weight is 338 g/mol. The second-order valence-corrected chi connectivity index (χ2v) is 7.29. The number of hydrogen-bond donors (Lipinski definition) is 1. The molecule has 1 saturated carbocycles. The fourth-order valence-electron chi connectivity index (χ4n) is 3.65. The third-order valence-electron chi connectivity index (χ3n) is 5.12. The molecule has 5 heteroatoms. The first-order valence-electron chi connectivity index (χ1n) is 10.1. The monoisotopic (exact) mass is 337 g/mol. The van der Waals surface area contributed by atoms with Gasteiger partial charge in [-0.25, -0.2) is 4.79 Å². The van der Waals surface area contributed by atoms with E-state index in [1.807, 2.05) is 0 Å². The largest absolute Gasteiger partial charge is 0.446 e. The molecular weight excluding hydrogens is 302 g/mol. The van der Waals surface area contributed by atoms with Crippen LogP contribution < -0.4 is 5.32 Å². The van der Waals surface area contributed by atoms with Gasteiger partial charge in [-0.3, -0.25) is 0 Å². The number of hydrogen-bond acceptors (Lipinski definition) is 4. The lowest BCUT2D eigenvalue weighted by Crippen LogP contribution is -2.37. The highest BCUT2D eigenvalue weighted by Gasteiger charge is 2.20. The van der Waals surface area contributed by atoms with Crippen LogP contribution in [-0.4, -0.2) is 31.3 Å². The van der Waals surface area contributed by atoms with Crippen LogP contribution >= 0.6 is 0 Å². The van der Waals surface area contributed by atoms with Gasteiger partial charge in [0, 0.05) is 6.04 Å². The number of carbonyl (C=O) groups excluding carboxylic acids is 1. The molecule has 0 spiro atoms. The number of nitrogens with one attached hydrogen (secondary N) is 1. The Morgan fingerprint density at radius 1 is 0.708 bits per heavy atom. The number of ether oxygens (including phenoxy) is 1. The van der Waals surface area contributed by atoms with E-state index in [4.69, 9.17) is 4.74 Å². The van der Waals surface area contributed by atoms with Crippen LogP contribution in [0.15, 0.2) is 10.2 Å². The molecule has 0 aromatic heterocycles. The molecule has 24 heavy (non-hydrogen) atoms. The molecular formula is C19H35N3O2. The first kappa shape index (κ1) is 19.2. The Morgan fingerprint density at radius 3 is 2.00 bits per heavy atom. The van der Waals surface area contributed by atoms with Crippen LogP contribution in [-0.2, 0) is 4.74 Å². The molecule has 5 nitrogen and oxygen atoms in total. The Kier molecular flexibility index (Phi) is 9.81. The summed E-state index contributed by atoms with van der Waals surface area (Å²) in [5.74, 6) is 0. The topological polar surface area (TPSA) is 63.0 Å². The van der Waals surface area contributed by atoms with Gasteiger partial charge < -0.3 is 10.1 Å². The van der Waals surface area contributed by atoms with Crippen molar-refractivity contribution >= 4 is 6.09 Å². The summed E-state index contributed by atoms with van der Waals surface area (Å²) in [5, 5.41) is 11.6. The van der Waals surface area contributed by atoms with Gasteiger partial charge in [0.25, 0.3) is 0 Å². The SMILES string of the molecule is O=C(NC1CCCCCCCCCN=NCCC1)OC1CCCC1. The summed E-state index contributed by atoms with van der Waals surface area (Å²) in [6.45, 7) is 1.64. The minimum atomic E-state index is -0.216. The van der Waals surface area contributed by atoms with E-state index < -0.39 is 0 Å². The first-order valence-corrected chi connectivity index (χ1v) is 10.1. The second-order valence-electron chi connectivity index (χ2n) is 7.29. The zero-order valence-corrected chi connectivity index (χ0v) is 15.2. The van der Waals surface area contributed by atoms with Crippen molar-refractivity contribution < 1.29 is 9.53 Å². The molecule has 0 bridgehead atoms. The van der Waals surface area contributed by atoms with E-state index in [1.54, 1.807) is 0 Å². The van der Waals surface area contributed by atoms with Gasteiger partial charge in [0.2, 0.25) is 0 Å². The van der Waals surface area contributed by atoms with Crippen molar-refractivity contribution in [2.75, 3.05) is 13.1 Å². The third kappa shape index (κ3) is 8.65. The lowest BCUT2D eigenvalue weighted by Gasteiger charge is -2.20. The summed E-state index contributed by atoms with van der Waals surface area (Å²) in [6.07, 6.45) is 16.2. The van der Waals surface area contributed by atoms with Crippen LogP contribution in [0.25, 0.3) is 0 Å². The lowest BCUT2D eigenvalue weighted by molar-refractivity contribution is 0.0968. The maximum atomic E-state index is 12.1. The zero-order valence-electron chi connectivity index (χ0n) is 15.2. The Bertz CT molecular complexity index is 368. The van der Waals surface area contributed by atoms with Gasteiger partial charge in [0.05, 0.1) is 13.1 Å². The van der Waals surface area contributed by atoms with Crippen molar-refractivity contribution in [1.29, 1.82) is 0 Å². The first-order chi connectivity index (χ1) is 11.8. The fraction of sp³-hybridized carbons (Fsp3) is 0.947. The van der Waals surface area contributed by atoms with Crippen LogP contribution in [0, 0.1) is 0 Å². The van der Waals surface area contributed by atoms with E-state index in [2.05, 4.69) is 15.5 Å². The van der Waals surface area contributed by atoms with Crippen LogP contribution in [0.2, 0.25) is 0 Å². The molecule has 0 saturated heterocycles. The summed E-state index contributed by atoms with van der Waals surface area (Å²) in [7, 11) is 0. The molecule has 1 aliphatic heterocycles. The van der Waals surface area contributed by atoms with Crippen LogP contribution in [0.1, 0.15) is 89.9 Å². The number of azo groups is 1. The highest BCUT2D eigenvalue weighted by molar-refractivity contribution is 5.67. The lowest BCUT2D eigenvalue weighted by atomic mass is 10.0. The number of alkyl carbamates (subject to hydrolysis) is 1. The highest BCUT2D eigenvalue weighted by atomic mass is 16.6. The van der Waals surface area contributed by atoms with E-state index in [-0.39, 0.29) is 18.2 Å². The summed E-state index contributed by atoms with van der Waals surface area (Å²) in [4.78, 5) is 12.1. The molecule has 1 heterocycles. The van der Waals surface area contributed by atoms with Gasteiger partial charge in [-0.1, -0.05) is 38.5 Å². The van der Waals surface area contributed by atoms with E-state index in [1.165, 1.54) is 57.8 Å². The molecule has 1 amide bonds. The average Bonchev–Trinajstić information content (AvgIpc) is 3.06. The minimum Gasteiger partial charge on any atom is -0.446 e. The highest BCUT2D eigenvalue weighted by Crippen LogP contribution is 2.21. The van der Waals surface area contributed by atoms with Gasteiger partial charge in [0.15, 0.2) is 0 Å². The molecule has 2 aliphatic rings. The number of nitrogens with zero attached hydrogens (tertiary/aromatic N) is 2. The van der Waals surface area contributed by atoms with Crippen molar-refractivity contribution in [3.63, 3.8) is 0 Å². The molecule has 1 fully saturated rings. The minimum absolute atomic E-state index is 0.140. The summed E-state index contributed by atoms with van der Waals surface area (Å²) in [5.41, 5.74) is 0. The van der Waals surface area contributed by atoms with E-state index >= 15 is 0 Å². The molecule has 1 N–H and O–H groups in total. The quantitative estimate of drug-likeness (QED) is 0.734. The van der Waals surface area contributed by atoms with Gasteiger partial charge in [-0.2, -0.15) is 10.2 Å². The Morgan fingerprint density at radius 2 is 1.25 bits per heavy atom. The molecule has 138 valence electrons. The number of rotatable bonds is 2. The van der Waals surface area contributed by atoms with Crippen molar-refractivity contribution in [2.24, 2.45) is 10.2 Å². The predicted molar refractivity (Wildman–Crippen MR) is 96.4 cm³/mol. The van der Waals surface area contributed by atoms with Crippen LogP contribution in [0.5, 0.6) is 0 Å². The summed E-state index contributed by atoms with van der Waals surface area (Å²) in [6, 6.07) is 0.222. The maximum Gasteiger partial charge on any atom is 0.407 e. The Hall–Kier alpha value is -1.13. The zero-order chi connectivity index (χ0) is 16.9. The normalized spacial score (nSPS) is 25.6. The Balaban J connectivity index is 1.73. The van der Waals surface area contributed by atoms with Gasteiger partial charge in [-0.15, -0.1) is 0 Å². The molecule has 0 aromatic carbocycles. The molecule has 0 aromatic rings. The van der Waals surface area contributed by atoms with Gasteiger partial charge >= 0.3 is 6.09 Å². The van der Waals surface area contributed by atoms with Gasteiger partial charge in [0.1, 0.15) is 6.10 Å². The van der Waals surface area contributed by atoms with E-state index in [0.717, 1.165) is 45.2 Å². The molecule has 2 rings (SSSR count). The summed E-state index contributed by atoms with van der Waals surface area (Å²) < 4.78 is 5.55. The standard InChI is InChI=1S/C19H35N3O2/c23-19(24-18-13-7-8-14-18)22-17-11-6-4-2-1-3-5-9-15-20-21-16-10-12-17/h17-18H,1-16H2,(H,22,23). The van der Waals surface area contributed by atoms with Crippen molar-refractivity contribution in [2.45, 2.75) is 102 Å². The molecule has 1 atom stereocenters. The Labute approximate surface area is 147 Å². The van der Waals surface area contributed by atoms with Crippen molar-refractivity contribution in [3.05, 3.63) is 0 Å². The van der Waals surface area contributed by atoms with Crippen LogP contribution in [0.3, 0.4) is 0 Å². The predicted octanol–water partition coefficient (Wildman–Crippen LogP) is 5.39. The van der Waals surface area contributed by atoms with Crippen LogP contribution in [0.4, 0.5) is 4.79 Å². The maximum absolute atomic E-state index is 12.1. The second kappa shape index (κ2) is 12.3. The molecule has 0 radical (unpaired) electrons. The smallest absolute Gasteiger partial charge is 0.407 e. The van der Waals surface area contributed by atoms with Crippen molar-refractivity contribution in [1.82, 2.24) is 5.32 Å². The third-order valence-corrected chi connectivity index (χ3v) is 5.12. The van der Waals surface area contributed by atoms with E-state index in [9.17, 15) is 4.79 Å². The molecule has 1 unspecified atom stereocenters. The fourth-order valence-corrected chi connectivity index (χ4v) is 3.65. The van der Waals surface area contributed by atoms with E-state index in [0.29, 0.717) is 0 Å². The summed E-state index contributed by atoms with van der Waals surface area (Å²) >= 11 is 0.